The Morgan fingerprint density at radius 1 is 1.29 bits per heavy atom. The van der Waals surface area contributed by atoms with E-state index in [1.165, 1.54) is 12.5 Å². The highest BCUT2D eigenvalue weighted by Gasteiger charge is 2.20. The first-order valence-corrected chi connectivity index (χ1v) is 5.75. The van der Waals surface area contributed by atoms with Gasteiger partial charge in [0.1, 0.15) is 6.61 Å². The van der Waals surface area contributed by atoms with E-state index in [1.807, 2.05) is 6.92 Å². The zero-order chi connectivity index (χ0) is 12.8. The third-order valence-corrected chi connectivity index (χ3v) is 2.17. The largest absolute Gasteiger partial charge is 0.395 e. The van der Waals surface area contributed by atoms with Crippen LogP contribution in [0.2, 0.25) is 0 Å². The summed E-state index contributed by atoms with van der Waals surface area (Å²) in [4.78, 5) is 4.87. The lowest BCUT2D eigenvalue weighted by molar-refractivity contribution is 0.158. The molecule has 0 bridgehead atoms. The Balaban J connectivity index is 0.000000437. The fraction of sp³-hybridized carbons (Fsp3) is 0.462. The van der Waals surface area contributed by atoms with E-state index in [2.05, 4.69) is 19.0 Å². The van der Waals surface area contributed by atoms with Gasteiger partial charge < -0.3 is 4.84 Å². The molecule has 0 unspecified atom stereocenters. The van der Waals surface area contributed by atoms with Gasteiger partial charge in [-0.05, 0) is 18.2 Å². The maximum Gasteiger partial charge on any atom is 0.159 e. The van der Waals surface area contributed by atoms with Gasteiger partial charge in [-0.3, -0.25) is 0 Å². The predicted molar refractivity (Wildman–Crippen MR) is 64.0 cm³/mol. The van der Waals surface area contributed by atoms with Crippen molar-refractivity contribution >= 4 is 5.71 Å². The number of hydrogen-bond acceptors (Lipinski definition) is 2. The van der Waals surface area contributed by atoms with E-state index in [-0.39, 0.29) is 5.92 Å². The minimum Gasteiger partial charge on any atom is -0.395 e. The molecule has 0 N–H and O–H groups in total. The molecule has 1 aliphatic rings. The molecule has 1 aromatic rings. The van der Waals surface area contributed by atoms with Crippen LogP contribution < -0.4 is 0 Å². The van der Waals surface area contributed by atoms with Gasteiger partial charge in [-0.15, -0.1) is 0 Å². The zero-order valence-corrected chi connectivity index (χ0v) is 10.3. The Labute approximate surface area is 100 Å². The molecule has 1 aromatic carbocycles. The summed E-state index contributed by atoms with van der Waals surface area (Å²) in [6.45, 7) is 6.67. The molecule has 0 saturated heterocycles. The van der Waals surface area contributed by atoms with Gasteiger partial charge in [0.05, 0.1) is 5.71 Å². The Kier molecular flexibility index (Phi) is 5.07. The van der Waals surface area contributed by atoms with Crippen LogP contribution in [-0.2, 0) is 4.84 Å². The summed E-state index contributed by atoms with van der Waals surface area (Å²) in [5.41, 5.74) is 1.25. The van der Waals surface area contributed by atoms with Crippen molar-refractivity contribution < 1.29 is 13.6 Å². The van der Waals surface area contributed by atoms with Crippen LogP contribution in [0.1, 0.15) is 32.8 Å². The Hall–Kier alpha value is -1.45. The summed E-state index contributed by atoms with van der Waals surface area (Å²) in [7, 11) is 0. The van der Waals surface area contributed by atoms with E-state index >= 15 is 0 Å². The molecule has 0 spiro atoms. The van der Waals surface area contributed by atoms with Gasteiger partial charge in [0.15, 0.2) is 11.6 Å². The molecule has 4 heteroatoms. The van der Waals surface area contributed by atoms with Crippen LogP contribution in [0, 0.1) is 17.6 Å². The van der Waals surface area contributed by atoms with Crippen LogP contribution >= 0.6 is 0 Å². The molecule has 2 rings (SSSR count). The quantitative estimate of drug-likeness (QED) is 0.733. The van der Waals surface area contributed by atoms with Crippen molar-refractivity contribution in [1.29, 1.82) is 0 Å². The van der Waals surface area contributed by atoms with E-state index in [0.29, 0.717) is 17.9 Å². The number of oxime groups is 1. The highest BCUT2D eigenvalue weighted by Crippen LogP contribution is 2.18. The molecule has 94 valence electrons. The number of rotatable bonds is 1. The molecule has 0 aromatic heterocycles. The first-order valence-electron chi connectivity index (χ1n) is 5.75. The fourth-order valence-electron chi connectivity index (χ4n) is 1.38. The van der Waals surface area contributed by atoms with Crippen LogP contribution in [-0.4, -0.2) is 12.3 Å². The van der Waals surface area contributed by atoms with Crippen molar-refractivity contribution in [3.63, 3.8) is 0 Å². The Morgan fingerprint density at radius 2 is 1.94 bits per heavy atom. The first-order chi connectivity index (χ1) is 8.10. The molecule has 0 aliphatic carbocycles. The van der Waals surface area contributed by atoms with E-state index in [1.54, 1.807) is 0 Å². The maximum atomic E-state index is 12.9. The van der Waals surface area contributed by atoms with Gasteiger partial charge in [0, 0.05) is 11.5 Å². The van der Waals surface area contributed by atoms with E-state index in [0.717, 1.165) is 12.1 Å². The van der Waals surface area contributed by atoms with Gasteiger partial charge in [-0.2, -0.15) is 0 Å². The molecule has 0 radical (unpaired) electrons. The average molecular weight is 241 g/mol. The molecular formula is C13H17F2NO. The first kappa shape index (κ1) is 13.6. The Bertz CT molecular complexity index is 404. The Morgan fingerprint density at radius 3 is 2.41 bits per heavy atom. The predicted octanol–water partition coefficient (Wildman–Crippen LogP) is 3.75. The van der Waals surface area contributed by atoms with Crippen LogP contribution in [0.4, 0.5) is 8.78 Å². The van der Waals surface area contributed by atoms with Crippen molar-refractivity contribution in [3.8, 4) is 0 Å². The topological polar surface area (TPSA) is 21.6 Å². The van der Waals surface area contributed by atoms with Crippen molar-refractivity contribution in [1.82, 2.24) is 0 Å². The molecule has 0 amide bonds. The molecule has 17 heavy (non-hydrogen) atoms. The SMILES string of the molecule is CCC.C[C@H]1CON=C1c1ccc(F)c(F)c1. The van der Waals surface area contributed by atoms with Crippen LogP contribution in [0.25, 0.3) is 0 Å². The van der Waals surface area contributed by atoms with E-state index < -0.39 is 11.6 Å². The number of hydrogen-bond donors (Lipinski definition) is 0. The minimum absolute atomic E-state index is 0.125. The third kappa shape index (κ3) is 3.51. The minimum atomic E-state index is -0.857. The van der Waals surface area contributed by atoms with Gasteiger partial charge >= 0.3 is 0 Å². The van der Waals surface area contributed by atoms with Gasteiger partial charge in [0.2, 0.25) is 0 Å². The zero-order valence-electron chi connectivity index (χ0n) is 10.3. The molecule has 1 heterocycles. The average Bonchev–Trinajstić information content (AvgIpc) is 2.70. The van der Waals surface area contributed by atoms with Crippen LogP contribution in [0.3, 0.4) is 0 Å². The second-order valence-corrected chi connectivity index (χ2v) is 4.01. The molecule has 1 aliphatic heterocycles. The van der Waals surface area contributed by atoms with Gasteiger partial charge in [-0.25, -0.2) is 8.78 Å². The summed E-state index contributed by atoms with van der Waals surface area (Å²) < 4.78 is 25.5. The monoisotopic (exact) mass is 241 g/mol. The smallest absolute Gasteiger partial charge is 0.159 e. The lowest BCUT2D eigenvalue weighted by Crippen LogP contribution is -2.10. The van der Waals surface area contributed by atoms with E-state index in [9.17, 15) is 8.78 Å². The summed E-state index contributed by atoms with van der Waals surface area (Å²) in [5, 5.41) is 3.79. The van der Waals surface area contributed by atoms with Crippen LogP contribution in [0.5, 0.6) is 0 Å². The molecule has 2 nitrogen and oxygen atoms in total. The van der Waals surface area contributed by atoms with Crippen molar-refractivity contribution in [3.05, 3.63) is 35.4 Å². The number of benzene rings is 1. The highest BCUT2D eigenvalue weighted by atomic mass is 19.2. The lowest BCUT2D eigenvalue weighted by atomic mass is 10.00. The van der Waals surface area contributed by atoms with Crippen LogP contribution in [0.15, 0.2) is 23.4 Å². The highest BCUT2D eigenvalue weighted by molar-refractivity contribution is 6.02. The molecule has 0 fully saturated rings. The summed E-state index contributed by atoms with van der Waals surface area (Å²) in [6, 6.07) is 3.74. The lowest BCUT2D eigenvalue weighted by Gasteiger charge is -2.03. The van der Waals surface area contributed by atoms with Crippen molar-refractivity contribution in [2.75, 3.05) is 6.61 Å². The summed E-state index contributed by atoms with van der Waals surface area (Å²) >= 11 is 0. The molecule has 0 saturated carbocycles. The van der Waals surface area contributed by atoms with Crippen molar-refractivity contribution in [2.45, 2.75) is 27.2 Å². The third-order valence-electron chi connectivity index (χ3n) is 2.17. The second kappa shape index (κ2) is 6.33. The second-order valence-electron chi connectivity index (χ2n) is 4.01. The summed E-state index contributed by atoms with van der Waals surface area (Å²) in [6.07, 6.45) is 1.25. The normalized spacial score (nSPS) is 17.9. The summed E-state index contributed by atoms with van der Waals surface area (Å²) in [5.74, 6) is -1.58. The maximum absolute atomic E-state index is 12.9. The standard InChI is InChI=1S/C10H9F2NO.C3H8/c1-6-5-14-13-10(6)7-2-3-8(11)9(12)4-7;1-3-2/h2-4,6H,5H2,1H3;3H2,1-2H3/t6-;/m0./s1. The van der Waals surface area contributed by atoms with Gasteiger partial charge in [0.25, 0.3) is 0 Å². The molecular weight excluding hydrogens is 224 g/mol. The van der Waals surface area contributed by atoms with E-state index in [4.69, 9.17) is 4.84 Å². The number of nitrogens with zero attached hydrogens (tertiary/aromatic N) is 1. The van der Waals surface area contributed by atoms with Crippen molar-refractivity contribution in [2.24, 2.45) is 11.1 Å². The van der Waals surface area contributed by atoms with Gasteiger partial charge in [-0.1, -0.05) is 32.3 Å². The molecule has 1 atom stereocenters. The number of halogens is 2. The fourth-order valence-corrected chi connectivity index (χ4v) is 1.38.